The van der Waals surface area contributed by atoms with Crippen molar-refractivity contribution >= 4 is 11.8 Å². The molecule has 0 spiro atoms. The Morgan fingerprint density at radius 1 is 1.33 bits per heavy atom. The number of imidazole rings is 1. The van der Waals surface area contributed by atoms with Crippen LogP contribution < -0.4 is 5.32 Å². The highest BCUT2D eigenvalue weighted by molar-refractivity contribution is 5.88. The number of aryl methyl sites for hydroxylation is 1. The summed E-state index contributed by atoms with van der Waals surface area (Å²) >= 11 is 0. The van der Waals surface area contributed by atoms with Crippen LogP contribution in [-0.4, -0.2) is 61.8 Å². The second-order valence-electron chi connectivity index (χ2n) is 6.66. The molecule has 2 aromatic heterocycles. The van der Waals surface area contributed by atoms with Crippen molar-refractivity contribution in [3.05, 3.63) is 48.3 Å². The molecule has 1 saturated heterocycles. The summed E-state index contributed by atoms with van der Waals surface area (Å²) in [6.07, 6.45) is 5.47. The van der Waals surface area contributed by atoms with Gasteiger partial charge in [0.05, 0.1) is 24.7 Å². The number of amides is 2. The number of hydrogen-bond acceptors (Lipinski definition) is 5. The molecule has 8 heteroatoms. The van der Waals surface area contributed by atoms with E-state index in [0.717, 1.165) is 11.5 Å². The third-order valence-electron chi connectivity index (χ3n) is 4.89. The van der Waals surface area contributed by atoms with Gasteiger partial charge in [0.25, 0.3) is 0 Å². The Balaban J connectivity index is 1.68. The fourth-order valence-corrected chi connectivity index (χ4v) is 3.26. The Labute approximate surface area is 159 Å². The fraction of sp³-hybridized carbons (Fsp3) is 0.474. The van der Waals surface area contributed by atoms with E-state index in [1.54, 1.807) is 17.3 Å². The largest absolute Gasteiger partial charge is 0.353 e. The second-order valence-corrected chi connectivity index (χ2v) is 6.66. The highest BCUT2D eigenvalue weighted by Crippen LogP contribution is 2.15. The van der Waals surface area contributed by atoms with Crippen LogP contribution in [0.15, 0.2) is 36.8 Å². The van der Waals surface area contributed by atoms with Crippen molar-refractivity contribution in [1.29, 1.82) is 0 Å². The maximum Gasteiger partial charge on any atom is 0.237 e. The summed E-state index contributed by atoms with van der Waals surface area (Å²) in [6, 6.07) is 5.25. The van der Waals surface area contributed by atoms with Gasteiger partial charge in [0, 0.05) is 51.8 Å². The predicted octanol–water partition coefficient (Wildman–Crippen LogP) is 0.554. The fourth-order valence-electron chi connectivity index (χ4n) is 3.26. The molecule has 1 fully saturated rings. The lowest BCUT2D eigenvalue weighted by Crippen LogP contribution is -2.56. The lowest BCUT2D eigenvalue weighted by molar-refractivity contribution is -0.139. The van der Waals surface area contributed by atoms with Crippen molar-refractivity contribution < 1.29 is 9.59 Å². The van der Waals surface area contributed by atoms with Gasteiger partial charge in [-0.1, -0.05) is 6.07 Å². The third-order valence-corrected chi connectivity index (χ3v) is 4.89. The van der Waals surface area contributed by atoms with Gasteiger partial charge < -0.3 is 14.8 Å². The summed E-state index contributed by atoms with van der Waals surface area (Å²) in [6.45, 7) is 4.78. The average Bonchev–Trinajstić information content (AvgIpc) is 3.08. The van der Waals surface area contributed by atoms with Crippen LogP contribution in [0.25, 0.3) is 0 Å². The van der Waals surface area contributed by atoms with E-state index in [-0.39, 0.29) is 18.2 Å². The van der Waals surface area contributed by atoms with Gasteiger partial charge in [0.15, 0.2) is 0 Å². The van der Waals surface area contributed by atoms with Crippen LogP contribution in [0.2, 0.25) is 0 Å². The van der Waals surface area contributed by atoms with E-state index in [4.69, 9.17) is 0 Å². The van der Waals surface area contributed by atoms with E-state index < -0.39 is 6.04 Å². The molecule has 27 heavy (non-hydrogen) atoms. The number of hydrogen-bond donors (Lipinski definition) is 1. The van der Waals surface area contributed by atoms with Crippen LogP contribution in [0.4, 0.5) is 0 Å². The molecule has 144 valence electrons. The summed E-state index contributed by atoms with van der Waals surface area (Å²) in [5.41, 5.74) is 0.894. The first kappa shape index (κ1) is 19.0. The van der Waals surface area contributed by atoms with Gasteiger partial charge in [0.1, 0.15) is 5.82 Å². The van der Waals surface area contributed by atoms with Crippen molar-refractivity contribution in [3.8, 4) is 0 Å². The minimum Gasteiger partial charge on any atom is -0.353 e. The van der Waals surface area contributed by atoms with Gasteiger partial charge in [-0.3, -0.25) is 19.5 Å². The van der Waals surface area contributed by atoms with E-state index in [2.05, 4.69) is 15.3 Å². The summed E-state index contributed by atoms with van der Waals surface area (Å²) in [7, 11) is 1.91. The van der Waals surface area contributed by atoms with E-state index in [1.165, 1.54) is 0 Å². The smallest absolute Gasteiger partial charge is 0.237 e. The SMILES string of the molecule is CCN(Cc1nccn1C)C(=O)CC1C(=O)NCCN1Cc1ccccn1. The first-order chi connectivity index (χ1) is 13.1. The molecule has 1 aliphatic heterocycles. The van der Waals surface area contributed by atoms with Crippen LogP contribution in [0.1, 0.15) is 24.9 Å². The maximum atomic E-state index is 12.9. The summed E-state index contributed by atoms with van der Waals surface area (Å²) < 4.78 is 1.90. The number of aromatic nitrogens is 3. The van der Waals surface area contributed by atoms with Gasteiger partial charge in [-0.25, -0.2) is 4.98 Å². The van der Waals surface area contributed by atoms with Gasteiger partial charge in [-0.15, -0.1) is 0 Å². The number of rotatable bonds is 7. The summed E-state index contributed by atoms with van der Waals surface area (Å²) in [5.74, 6) is 0.677. The van der Waals surface area contributed by atoms with Crippen LogP contribution in [0, 0.1) is 0 Å². The number of nitrogens with zero attached hydrogens (tertiary/aromatic N) is 5. The van der Waals surface area contributed by atoms with Gasteiger partial charge in [-0.05, 0) is 19.1 Å². The van der Waals surface area contributed by atoms with Gasteiger partial charge >= 0.3 is 0 Å². The summed E-state index contributed by atoms with van der Waals surface area (Å²) in [5, 5.41) is 2.88. The summed E-state index contributed by atoms with van der Waals surface area (Å²) in [4.78, 5) is 37.7. The van der Waals surface area contributed by atoms with Crippen LogP contribution >= 0.6 is 0 Å². The Morgan fingerprint density at radius 2 is 2.19 bits per heavy atom. The Hall–Kier alpha value is -2.74. The van der Waals surface area contributed by atoms with E-state index >= 15 is 0 Å². The van der Waals surface area contributed by atoms with Crippen LogP contribution in [0.5, 0.6) is 0 Å². The van der Waals surface area contributed by atoms with Crippen molar-refractivity contribution in [3.63, 3.8) is 0 Å². The Bertz CT molecular complexity index is 776. The molecule has 2 aromatic rings. The minimum absolute atomic E-state index is 0.0476. The quantitative estimate of drug-likeness (QED) is 0.770. The first-order valence-corrected chi connectivity index (χ1v) is 9.24. The lowest BCUT2D eigenvalue weighted by atomic mass is 10.1. The molecule has 8 nitrogen and oxygen atoms in total. The molecule has 1 unspecified atom stereocenters. The highest BCUT2D eigenvalue weighted by atomic mass is 16.2. The maximum absolute atomic E-state index is 12.9. The molecule has 1 atom stereocenters. The zero-order chi connectivity index (χ0) is 19.2. The molecule has 2 amide bonds. The molecule has 0 aromatic carbocycles. The molecule has 0 bridgehead atoms. The predicted molar refractivity (Wildman–Crippen MR) is 100 cm³/mol. The number of carbonyl (C=O) groups is 2. The van der Waals surface area contributed by atoms with Crippen molar-refractivity contribution in [2.75, 3.05) is 19.6 Å². The normalized spacial score (nSPS) is 17.6. The molecule has 0 aliphatic carbocycles. The molecule has 0 radical (unpaired) electrons. The number of carbonyl (C=O) groups excluding carboxylic acids is 2. The topological polar surface area (TPSA) is 83.4 Å². The number of piperazine rings is 1. The molecule has 3 rings (SSSR count). The van der Waals surface area contributed by atoms with Crippen LogP contribution in [0.3, 0.4) is 0 Å². The first-order valence-electron chi connectivity index (χ1n) is 9.24. The molecule has 1 N–H and O–H groups in total. The standard InChI is InChI=1S/C19H26N6O2/c1-3-24(14-17-21-8-10-23(17)2)18(26)12-16-19(27)22-9-11-25(16)13-15-6-4-5-7-20-15/h4-8,10,16H,3,9,11-14H2,1-2H3,(H,22,27). The lowest BCUT2D eigenvalue weighted by Gasteiger charge is -2.35. The van der Waals surface area contributed by atoms with E-state index in [0.29, 0.717) is 32.7 Å². The van der Waals surface area contributed by atoms with Crippen molar-refractivity contribution in [2.45, 2.75) is 32.5 Å². The minimum atomic E-state index is -0.483. The monoisotopic (exact) mass is 370 g/mol. The van der Waals surface area contributed by atoms with Gasteiger partial charge in [0.2, 0.25) is 11.8 Å². The third kappa shape index (κ3) is 4.71. The molecule has 1 aliphatic rings. The molecular formula is C19H26N6O2. The highest BCUT2D eigenvalue weighted by Gasteiger charge is 2.33. The number of nitrogens with one attached hydrogen (secondary N) is 1. The zero-order valence-electron chi connectivity index (χ0n) is 15.8. The van der Waals surface area contributed by atoms with E-state index in [1.807, 2.05) is 47.8 Å². The van der Waals surface area contributed by atoms with E-state index in [9.17, 15) is 9.59 Å². The van der Waals surface area contributed by atoms with Crippen LogP contribution in [-0.2, 0) is 29.7 Å². The molecule has 0 saturated carbocycles. The van der Waals surface area contributed by atoms with Gasteiger partial charge in [-0.2, -0.15) is 0 Å². The zero-order valence-corrected chi connectivity index (χ0v) is 15.8. The Kier molecular flexibility index (Phi) is 6.18. The molecular weight excluding hydrogens is 344 g/mol. The Morgan fingerprint density at radius 3 is 2.85 bits per heavy atom. The molecule has 3 heterocycles. The van der Waals surface area contributed by atoms with Crippen molar-refractivity contribution in [1.82, 2.24) is 29.7 Å². The average molecular weight is 370 g/mol. The van der Waals surface area contributed by atoms with Crippen molar-refractivity contribution in [2.24, 2.45) is 7.05 Å². The number of pyridine rings is 1. The second kappa shape index (κ2) is 8.77.